The first-order chi connectivity index (χ1) is 8.90. The fourth-order valence-electron chi connectivity index (χ4n) is 2.50. The predicted molar refractivity (Wildman–Crippen MR) is 79.3 cm³/mol. The van der Waals surface area contributed by atoms with Gasteiger partial charge in [0.25, 0.3) is 0 Å². The summed E-state index contributed by atoms with van der Waals surface area (Å²) in [7, 11) is 0. The molecule has 1 aliphatic rings. The second-order valence-corrected chi connectivity index (χ2v) is 7.18. The van der Waals surface area contributed by atoms with Crippen LogP contribution in [0.5, 0.6) is 0 Å². The third-order valence-corrected chi connectivity index (χ3v) is 5.60. The highest BCUT2D eigenvalue weighted by atomic mass is 32.2. The van der Waals surface area contributed by atoms with Gasteiger partial charge in [-0.05, 0) is 37.3 Å². The van der Waals surface area contributed by atoms with Crippen molar-refractivity contribution in [1.29, 1.82) is 0 Å². The third kappa shape index (κ3) is 4.52. The van der Waals surface area contributed by atoms with E-state index in [1.54, 1.807) is 6.33 Å². The van der Waals surface area contributed by atoms with Gasteiger partial charge in [0.1, 0.15) is 6.33 Å². The van der Waals surface area contributed by atoms with Gasteiger partial charge in [0, 0.05) is 11.3 Å². The summed E-state index contributed by atoms with van der Waals surface area (Å²) in [5.41, 5.74) is 0. The van der Waals surface area contributed by atoms with Crippen molar-refractivity contribution in [2.24, 2.45) is 0 Å². The maximum atomic E-state index is 4.32. The largest absolute Gasteiger partial charge is 0.313 e. The van der Waals surface area contributed by atoms with Crippen LogP contribution in [0.4, 0.5) is 0 Å². The molecule has 1 heterocycles. The molecule has 1 saturated carbocycles. The molecule has 0 bridgehead atoms. The topological polar surface area (TPSA) is 37.8 Å². The van der Waals surface area contributed by atoms with Crippen molar-refractivity contribution in [3.63, 3.8) is 0 Å². The molecule has 1 aliphatic carbocycles. The number of hydrogen-bond donors (Lipinski definition) is 1. The fraction of sp³-hybridized carbons (Fsp3) is 0.846. The Morgan fingerprint density at radius 2 is 2.17 bits per heavy atom. The molecule has 3 nitrogen and oxygen atoms in total. The Balaban J connectivity index is 1.94. The first kappa shape index (κ1) is 14.3. The molecule has 0 radical (unpaired) electrons. The number of rotatable bonds is 5. The van der Waals surface area contributed by atoms with E-state index in [1.165, 1.54) is 56.5 Å². The fourth-order valence-corrected chi connectivity index (χ4v) is 4.50. The Morgan fingerprint density at radius 3 is 2.89 bits per heavy atom. The van der Waals surface area contributed by atoms with Gasteiger partial charge >= 0.3 is 0 Å². The monoisotopic (exact) mass is 285 g/mol. The molecule has 0 aliphatic heterocycles. The minimum absolute atomic E-state index is 0.652. The number of nitrogens with zero attached hydrogens (tertiary/aromatic N) is 2. The lowest BCUT2D eigenvalue weighted by molar-refractivity contribution is 0.400. The van der Waals surface area contributed by atoms with Gasteiger partial charge in [0.05, 0.1) is 0 Å². The Bertz CT molecular complexity index is 314. The number of nitrogens with one attached hydrogen (secondary N) is 1. The van der Waals surface area contributed by atoms with Crippen LogP contribution in [-0.2, 0) is 0 Å². The Labute approximate surface area is 118 Å². The zero-order valence-electron chi connectivity index (χ0n) is 11.1. The molecule has 2 rings (SSSR count). The van der Waals surface area contributed by atoms with E-state index in [1.807, 2.05) is 11.8 Å². The average Bonchev–Trinajstić information content (AvgIpc) is 2.85. The van der Waals surface area contributed by atoms with Crippen LogP contribution < -0.4 is 5.32 Å². The van der Waals surface area contributed by atoms with E-state index >= 15 is 0 Å². The second kappa shape index (κ2) is 8.12. The molecule has 1 N–H and O–H groups in total. The zero-order valence-corrected chi connectivity index (χ0v) is 12.7. The van der Waals surface area contributed by atoms with Gasteiger partial charge in [-0.1, -0.05) is 44.4 Å². The minimum atomic E-state index is 0.652. The zero-order chi connectivity index (χ0) is 12.6. The highest BCUT2D eigenvalue weighted by Crippen LogP contribution is 2.32. The molecule has 0 amide bonds. The molecule has 2 atom stereocenters. The van der Waals surface area contributed by atoms with Crippen LogP contribution in [0.15, 0.2) is 10.7 Å². The summed E-state index contributed by atoms with van der Waals surface area (Å²) < 4.78 is 5.23. The summed E-state index contributed by atoms with van der Waals surface area (Å²) >= 11 is 3.46. The van der Waals surface area contributed by atoms with Gasteiger partial charge in [-0.2, -0.15) is 4.37 Å². The van der Waals surface area contributed by atoms with Crippen molar-refractivity contribution in [2.45, 2.75) is 67.5 Å². The summed E-state index contributed by atoms with van der Waals surface area (Å²) in [6, 6.07) is 0.652. The standard InChI is InChI=1S/C13H23N3S2/c1-2-9-14-11-7-5-3-4-6-8-12(11)17-13-15-10-16-18-13/h10-12,14H,2-9H2,1H3. The number of aromatic nitrogens is 2. The Hall–Kier alpha value is -0.130. The first-order valence-corrected chi connectivity index (χ1v) is 8.72. The molecular formula is C13H23N3S2. The van der Waals surface area contributed by atoms with E-state index in [4.69, 9.17) is 0 Å². The third-order valence-electron chi connectivity index (χ3n) is 3.45. The molecule has 0 saturated heterocycles. The summed E-state index contributed by atoms with van der Waals surface area (Å²) in [5, 5.41) is 4.41. The van der Waals surface area contributed by atoms with E-state index in [2.05, 4.69) is 21.6 Å². The van der Waals surface area contributed by atoms with Gasteiger partial charge in [-0.15, -0.1) is 0 Å². The summed E-state index contributed by atoms with van der Waals surface area (Å²) in [5.74, 6) is 0. The normalized spacial score (nSPS) is 25.6. The average molecular weight is 285 g/mol. The van der Waals surface area contributed by atoms with Crippen LogP contribution in [0.1, 0.15) is 51.9 Å². The molecule has 1 aromatic heterocycles. The molecule has 1 fully saturated rings. The van der Waals surface area contributed by atoms with Crippen LogP contribution in [0.25, 0.3) is 0 Å². The van der Waals surface area contributed by atoms with Crippen molar-refractivity contribution in [3.8, 4) is 0 Å². The first-order valence-electron chi connectivity index (χ1n) is 7.07. The summed E-state index contributed by atoms with van der Waals surface area (Å²) in [6.07, 6.45) is 11.0. The quantitative estimate of drug-likeness (QED) is 0.894. The highest BCUT2D eigenvalue weighted by Gasteiger charge is 2.24. The number of hydrogen-bond acceptors (Lipinski definition) is 5. The highest BCUT2D eigenvalue weighted by molar-refractivity contribution is 8.01. The van der Waals surface area contributed by atoms with Crippen LogP contribution >= 0.6 is 23.3 Å². The SMILES string of the molecule is CCCNC1CCCCCCC1Sc1ncns1. The van der Waals surface area contributed by atoms with Gasteiger partial charge < -0.3 is 5.32 Å². The van der Waals surface area contributed by atoms with Crippen molar-refractivity contribution in [3.05, 3.63) is 6.33 Å². The van der Waals surface area contributed by atoms with E-state index in [0.29, 0.717) is 11.3 Å². The summed E-state index contributed by atoms with van der Waals surface area (Å²) in [4.78, 5) is 4.32. The van der Waals surface area contributed by atoms with Gasteiger partial charge in [-0.25, -0.2) is 4.98 Å². The lowest BCUT2D eigenvalue weighted by Crippen LogP contribution is -2.39. The molecule has 18 heavy (non-hydrogen) atoms. The van der Waals surface area contributed by atoms with E-state index in [9.17, 15) is 0 Å². The maximum absolute atomic E-state index is 4.32. The second-order valence-electron chi connectivity index (χ2n) is 4.92. The molecule has 1 aromatic rings. The van der Waals surface area contributed by atoms with Crippen LogP contribution in [0.2, 0.25) is 0 Å². The van der Waals surface area contributed by atoms with Crippen molar-refractivity contribution >= 4 is 23.3 Å². The lowest BCUT2D eigenvalue weighted by Gasteiger charge is -2.29. The molecular weight excluding hydrogens is 262 g/mol. The Kier molecular flexibility index (Phi) is 6.45. The predicted octanol–water partition coefficient (Wildman–Crippen LogP) is 3.72. The van der Waals surface area contributed by atoms with E-state index < -0.39 is 0 Å². The van der Waals surface area contributed by atoms with Crippen molar-refractivity contribution < 1.29 is 0 Å². The van der Waals surface area contributed by atoms with E-state index in [-0.39, 0.29) is 0 Å². The maximum Gasteiger partial charge on any atom is 0.170 e. The Morgan fingerprint density at radius 1 is 1.33 bits per heavy atom. The van der Waals surface area contributed by atoms with Crippen LogP contribution in [0.3, 0.4) is 0 Å². The van der Waals surface area contributed by atoms with Gasteiger partial charge in [-0.3, -0.25) is 0 Å². The molecule has 0 aromatic carbocycles. The summed E-state index contributed by atoms with van der Waals surface area (Å²) in [6.45, 7) is 3.38. The van der Waals surface area contributed by atoms with Gasteiger partial charge in [0.15, 0.2) is 4.34 Å². The van der Waals surface area contributed by atoms with Crippen molar-refractivity contribution in [1.82, 2.24) is 14.7 Å². The molecule has 5 heteroatoms. The van der Waals surface area contributed by atoms with Crippen molar-refractivity contribution in [2.75, 3.05) is 6.54 Å². The molecule has 102 valence electrons. The van der Waals surface area contributed by atoms with Gasteiger partial charge in [0.2, 0.25) is 0 Å². The lowest BCUT2D eigenvalue weighted by atomic mass is 9.96. The van der Waals surface area contributed by atoms with Crippen LogP contribution in [-0.4, -0.2) is 27.2 Å². The minimum Gasteiger partial charge on any atom is -0.313 e. The smallest absolute Gasteiger partial charge is 0.170 e. The van der Waals surface area contributed by atoms with Crippen LogP contribution in [0, 0.1) is 0 Å². The molecule has 0 spiro atoms. The number of thioether (sulfide) groups is 1. The molecule has 2 unspecified atom stereocenters. The van der Waals surface area contributed by atoms with E-state index in [0.717, 1.165) is 10.9 Å².